The Morgan fingerprint density at radius 1 is 1.30 bits per heavy atom. The van der Waals surface area contributed by atoms with Gasteiger partial charge in [0.15, 0.2) is 6.29 Å². The van der Waals surface area contributed by atoms with Crippen molar-refractivity contribution < 1.29 is 9.47 Å². The van der Waals surface area contributed by atoms with Crippen LogP contribution in [0.25, 0.3) is 21.5 Å². The number of aryl methyl sites for hydroxylation is 1. The van der Waals surface area contributed by atoms with Crippen molar-refractivity contribution >= 4 is 22.2 Å². The van der Waals surface area contributed by atoms with E-state index in [0.29, 0.717) is 31.7 Å². The van der Waals surface area contributed by atoms with E-state index in [1.54, 1.807) is 22.2 Å². The Morgan fingerprint density at radius 3 is 2.74 bits per heavy atom. The number of rotatable bonds is 4. The number of ether oxygens (including phenoxy) is 2. The van der Waals surface area contributed by atoms with E-state index in [9.17, 15) is 4.79 Å². The topological polar surface area (TPSA) is 71.2 Å². The normalized spacial score (nSPS) is 16.3. The molecule has 27 heavy (non-hydrogen) atoms. The molecule has 4 heterocycles. The van der Waals surface area contributed by atoms with Gasteiger partial charge in [0.2, 0.25) is 0 Å². The van der Waals surface area contributed by atoms with E-state index in [-0.39, 0.29) is 17.4 Å². The molecule has 0 spiro atoms. The Balaban J connectivity index is 1.80. The van der Waals surface area contributed by atoms with Crippen LogP contribution in [0, 0.1) is 0 Å². The van der Waals surface area contributed by atoms with Gasteiger partial charge in [-0.3, -0.25) is 9.48 Å². The Morgan fingerprint density at radius 2 is 2.07 bits per heavy atom. The minimum atomic E-state index is -0.303. The monoisotopic (exact) mass is 388 g/mol. The summed E-state index contributed by atoms with van der Waals surface area (Å²) in [4.78, 5) is 14.2. The Bertz CT molecular complexity index is 979. The van der Waals surface area contributed by atoms with Crippen molar-refractivity contribution in [3.8, 4) is 10.6 Å². The zero-order valence-electron chi connectivity index (χ0n) is 15.8. The van der Waals surface area contributed by atoms with Crippen molar-refractivity contribution in [3.63, 3.8) is 0 Å². The minimum Gasteiger partial charge on any atom is -0.353 e. The van der Waals surface area contributed by atoms with Crippen LogP contribution in [0.5, 0.6) is 0 Å². The second-order valence-corrected chi connectivity index (χ2v) is 8.60. The summed E-state index contributed by atoms with van der Waals surface area (Å²) in [5.41, 5.74) is 0.947. The maximum Gasteiger partial charge on any atom is 0.292 e. The SMILES string of the molecule is CC(C)(C)n1ncc2c(-c3cccs3)nn(CCC3OCCCO3)c(=O)c21. The van der Waals surface area contributed by atoms with Gasteiger partial charge in [0, 0.05) is 13.0 Å². The van der Waals surface area contributed by atoms with Crippen molar-refractivity contribution in [2.45, 2.75) is 52.0 Å². The second kappa shape index (κ2) is 7.18. The van der Waals surface area contributed by atoms with Crippen LogP contribution in [0.1, 0.15) is 33.6 Å². The third-order valence-corrected chi connectivity index (χ3v) is 5.42. The summed E-state index contributed by atoms with van der Waals surface area (Å²) in [7, 11) is 0. The molecule has 0 aromatic carbocycles. The first-order valence-electron chi connectivity index (χ1n) is 9.21. The zero-order valence-corrected chi connectivity index (χ0v) is 16.7. The van der Waals surface area contributed by atoms with Crippen molar-refractivity contribution in [2.24, 2.45) is 0 Å². The van der Waals surface area contributed by atoms with E-state index in [1.165, 1.54) is 4.68 Å². The summed E-state index contributed by atoms with van der Waals surface area (Å²) in [6, 6.07) is 4.00. The Labute approximate surface area is 161 Å². The van der Waals surface area contributed by atoms with Crippen molar-refractivity contribution in [3.05, 3.63) is 34.1 Å². The molecule has 0 saturated carbocycles. The molecule has 3 aromatic rings. The average Bonchev–Trinajstić information content (AvgIpc) is 3.32. The van der Waals surface area contributed by atoms with Crippen LogP contribution in [0.15, 0.2) is 28.5 Å². The van der Waals surface area contributed by atoms with Gasteiger partial charge in [0.25, 0.3) is 5.56 Å². The molecular formula is C19H24N4O3S. The van der Waals surface area contributed by atoms with Gasteiger partial charge < -0.3 is 9.47 Å². The predicted molar refractivity (Wildman–Crippen MR) is 105 cm³/mol. The van der Waals surface area contributed by atoms with Gasteiger partial charge in [-0.15, -0.1) is 11.3 Å². The molecule has 0 unspecified atom stereocenters. The van der Waals surface area contributed by atoms with Crippen molar-refractivity contribution in [2.75, 3.05) is 13.2 Å². The lowest BCUT2D eigenvalue weighted by atomic mass is 10.1. The second-order valence-electron chi connectivity index (χ2n) is 7.66. The fourth-order valence-electron chi connectivity index (χ4n) is 3.26. The Kier molecular flexibility index (Phi) is 4.88. The van der Waals surface area contributed by atoms with Gasteiger partial charge in [-0.05, 0) is 38.6 Å². The first kappa shape index (κ1) is 18.3. The summed E-state index contributed by atoms with van der Waals surface area (Å²) >= 11 is 1.60. The summed E-state index contributed by atoms with van der Waals surface area (Å²) in [5, 5.41) is 12.0. The van der Waals surface area contributed by atoms with Crippen LogP contribution in [-0.4, -0.2) is 39.1 Å². The highest BCUT2D eigenvalue weighted by Gasteiger charge is 2.24. The average molecular weight is 388 g/mol. The number of aromatic nitrogens is 4. The fraction of sp³-hybridized carbons (Fsp3) is 0.526. The number of fused-ring (bicyclic) bond motifs is 1. The van der Waals surface area contributed by atoms with Gasteiger partial charge in [-0.2, -0.15) is 10.2 Å². The van der Waals surface area contributed by atoms with Crippen LogP contribution in [0.4, 0.5) is 0 Å². The van der Waals surface area contributed by atoms with Gasteiger partial charge in [0.05, 0.1) is 35.2 Å². The maximum absolute atomic E-state index is 13.2. The molecule has 8 heteroatoms. The summed E-state index contributed by atoms with van der Waals surface area (Å²) in [6.45, 7) is 7.95. The molecule has 3 aromatic heterocycles. The molecule has 0 atom stereocenters. The van der Waals surface area contributed by atoms with Crippen LogP contribution in [0.3, 0.4) is 0 Å². The highest BCUT2D eigenvalue weighted by atomic mass is 32.1. The molecule has 0 amide bonds. The van der Waals surface area contributed by atoms with Gasteiger partial charge in [0.1, 0.15) is 11.2 Å². The summed E-state index contributed by atoms with van der Waals surface area (Å²) < 4.78 is 14.6. The molecular weight excluding hydrogens is 364 g/mol. The van der Waals surface area contributed by atoms with Crippen LogP contribution < -0.4 is 5.56 Å². The first-order chi connectivity index (χ1) is 12.9. The quantitative estimate of drug-likeness (QED) is 0.686. The third-order valence-electron chi connectivity index (χ3n) is 4.54. The lowest BCUT2D eigenvalue weighted by Gasteiger charge is -2.23. The summed E-state index contributed by atoms with van der Waals surface area (Å²) in [5.74, 6) is 0. The minimum absolute atomic E-state index is 0.131. The number of hydrogen-bond acceptors (Lipinski definition) is 6. The zero-order chi connectivity index (χ0) is 19.0. The van der Waals surface area contributed by atoms with Crippen LogP contribution >= 0.6 is 11.3 Å². The largest absolute Gasteiger partial charge is 0.353 e. The first-order valence-corrected chi connectivity index (χ1v) is 10.1. The van der Waals surface area contributed by atoms with Gasteiger partial charge >= 0.3 is 0 Å². The maximum atomic E-state index is 13.2. The number of thiophene rings is 1. The summed E-state index contributed by atoms with van der Waals surface area (Å²) in [6.07, 6.45) is 2.97. The highest BCUT2D eigenvalue weighted by Crippen LogP contribution is 2.30. The molecule has 1 aliphatic heterocycles. The molecule has 0 bridgehead atoms. The highest BCUT2D eigenvalue weighted by molar-refractivity contribution is 7.13. The third kappa shape index (κ3) is 3.56. The molecule has 144 valence electrons. The van der Waals surface area contributed by atoms with E-state index in [0.717, 1.165) is 22.4 Å². The van der Waals surface area contributed by atoms with E-state index >= 15 is 0 Å². The molecule has 7 nitrogen and oxygen atoms in total. The van der Waals surface area contributed by atoms with Crippen molar-refractivity contribution in [1.82, 2.24) is 19.6 Å². The predicted octanol–water partition coefficient (Wildman–Crippen LogP) is 3.23. The lowest BCUT2D eigenvalue weighted by Crippen LogP contribution is -2.32. The van der Waals surface area contributed by atoms with Gasteiger partial charge in [-0.25, -0.2) is 4.68 Å². The molecule has 0 radical (unpaired) electrons. The van der Waals surface area contributed by atoms with Crippen molar-refractivity contribution in [1.29, 1.82) is 0 Å². The molecule has 1 aliphatic rings. The van der Waals surface area contributed by atoms with E-state index in [4.69, 9.17) is 9.47 Å². The molecule has 0 N–H and O–H groups in total. The van der Waals surface area contributed by atoms with E-state index in [1.807, 2.05) is 38.3 Å². The smallest absolute Gasteiger partial charge is 0.292 e. The fourth-order valence-corrected chi connectivity index (χ4v) is 3.98. The molecule has 1 saturated heterocycles. The lowest BCUT2D eigenvalue weighted by molar-refractivity contribution is -0.182. The van der Waals surface area contributed by atoms with E-state index in [2.05, 4.69) is 10.2 Å². The Hall–Kier alpha value is -2.03. The standard InChI is InChI=1S/C19H24N4O3S/c1-19(2,3)23-17-13(12-20-23)16(14-6-4-11-27-14)21-22(18(17)24)8-7-15-25-9-5-10-26-15/h4,6,11-12,15H,5,7-10H2,1-3H3. The number of hydrogen-bond donors (Lipinski definition) is 0. The molecule has 0 aliphatic carbocycles. The van der Waals surface area contributed by atoms with E-state index < -0.39 is 0 Å². The molecule has 4 rings (SSSR count). The van der Waals surface area contributed by atoms with Crippen LogP contribution in [-0.2, 0) is 21.6 Å². The van der Waals surface area contributed by atoms with Crippen LogP contribution in [0.2, 0.25) is 0 Å². The number of nitrogens with zero attached hydrogens (tertiary/aromatic N) is 4. The van der Waals surface area contributed by atoms with Gasteiger partial charge in [-0.1, -0.05) is 6.07 Å². The molecule has 1 fully saturated rings.